The molecule has 4 heteroatoms. The fourth-order valence-corrected chi connectivity index (χ4v) is 9.96. The maximum atomic E-state index is 5.45. The maximum Gasteiger partial charge on any atom is 0.0972 e. The molecule has 7 aromatic carbocycles. The van der Waals surface area contributed by atoms with E-state index in [2.05, 4.69) is 164 Å². The van der Waals surface area contributed by atoms with E-state index >= 15 is 0 Å². The third-order valence-electron chi connectivity index (χ3n) is 10.3. The number of hydrogen-bond acceptors (Lipinski definition) is 4. The van der Waals surface area contributed by atoms with Gasteiger partial charge in [0.15, 0.2) is 0 Å². The Morgan fingerprint density at radius 1 is 0.308 bits per heavy atom. The van der Waals surface area contributed by atoms with Crippen molar-refractivity contribution in [2.24, 2.45) is 0 Å². The van der Waals surface area contributed by atoms with Crippen molar-refractivity contribution in [1.29, 1.82) is 0 Å². The van der Waals surface area contributed by atoms with Gasteiger partial charge in [0.05, 0.1) is 22.4 Å². The van der Waals surface area contributed by atoms with Crippen LogP contribution in [-0.2, 0) is 0 Å². The summed E-state index contributed by atoms with van der Waals surface area (Å²) >= 11 is 3.71. The van der Waals surface area contributed by atoms with Crippen molar-refractivity contribution in [3.63, 3.8) is 0 Å². The van der Waals surface area contributed by atoms with Gasteiger partial charge in [0.25, 0.3) is 0 Å². The van der Waals surface area contributed by atoms with Crippen LogP contribution in [0.2, 0.25) is 0 Å². The fraction of sp³-hybridized carbons (Fsp3) is 0. The molecular formula is C48H28N2S2. The van der Waals surface area contributed by atoms with Gasteiger partial charge in [-0.25, -0.2) is 9.97 Å². The van der Waals surface area contributed by atoms with Gasteiger partial charge in [0.2, 0.25) is 0 Å². The lowest BCUT2D eigenvalue weighted by Gasteiger charge is -2.14. The topological polar surface area (TPSA) is 25.8 Å². The lowest BCUT2D eigenvalue weighted by molar-refractivity contribution is 1.36. The standard InChI is InChI=1S/C48H28N2S2/c1-2-8-29(9-3-1)41-24-19-30-14-15-31-20-25-42(50-48(31)47(30)49-41)40-26-32(33-17-22-38-36-10-4-6-12-43(36)51-45(38)27-33)16-21-35(40)34-18-23-39-37-11-5-7-13-44(37)52-46(39)28-34/h1-28H. The summed E-state index contributed by atoms with van der Waals surface area (Å²) in [5.41, 5.74) is 10.6. The summed E-state index contributed by atoms with van der Waals surface area (Å²) in [5.74, 6) is 0. The Morgan fingerprint density at radius 2 is 0.808 bits per heavy atom. The predicted molar refractivity (Wildman–Crippen MR) is 225 cm³/mol. The first kappa shape index (κ1) is 29.5. The molecule has 52 heavy (non-hydrogen) atoms. The molecule has 11 aromatic rings. The average molecular weight is 697 g/mol. The summed E-state index contributed by atoms with van der Waals surface area (Å²) in [7, 11) is 0. The highest BCUT2D eigenvalue weighted by atomic mass is 32.1. The van der Waals surface area contributed by atoms with Gasteiger partial charge >= 0.3 is 0 Å². The number of rotatable bonds is 4. The molecule has 0 radical (unpaired) electrons. The Balaban J connectivity index is 1.13. The van der Waals surface area contributed by atoms with Gasteiger partial charge in [-0.2, -0.15) is 0 Å². The summed E-state index contributed by atoms with van der Waals surface area (Å²) in [5, 5.41) is 7.40. The van der Waals surface area contributed by atoms with Crippen molar-refractivity contribution in [3.8, 4) is 44.8 Å². The molecular weight excluding hydrogens is 669 g/mol. The third-order valence-corrected chi connectivity index (χ3v) is 12.6. The van der Waals surface area contributed by atoms with E-state index in [1.54, 1.807) is 0 Å². The van der Waals surface area contributed by atoms with E-state index in [-0.39, 0.29) is 0 Å². The number of hydrogen-bond donors (Lipinski definition) is 0. The second-order valence-corrected chi connectivity index (χ2v) is 15.5. The van der Waals surface area contributed by atoms with Crippen molar-refractivity contribution in [2.75, 3.05) is 0 Å². The van der Waals surface area contributed by atoms with E-state index < -0.39 is 0 Å². The van der Waals surface area contributed by atoms with Crippen LogP contribution < -0.4 is 0 Å². The van der Waals surface area contributed by atoms with Crippen LogP contribution in [0.15, 0.2) is 170 Å². The molecule has 0 amide bonds. The van der Waals surface area contributed by atoms with E-state index in [0.29, 0.717) is 0 Å². The van der Waals surface area contributed by atoms with Crippen molar-refractivity contribution in [2.45, 2.75) is 0 Å². The van der Waals surface area contributed by atoms with Crippen molar-refractivity contribution < 1.29 is 0 Å². The molecule has 0 aliphatic carbocycles. The van der Waals surface area contributed by atoms with Crippen LogP contribution in [-0.4, -0.2) is 9.97 Å². The second kappa shape index (κ2) is 11.7. The lowest BCUT2D eigenvalue weighted by Crippen LogP contribution is -1.93. The molecule has 11 rings (SSSR count). The molecule has 4 heterocycles. The summed E-state index contributed by atoms with van der Waals surface area (Å²) in [4.78, 5) is 10.6. The third kappa shape index (κ3) is 4.76. The van der Waals surface area contributed by atoms with Gasteiger partial charge < -0.3 is 0 Å². The molecule has 2 nitrogen and oxygen atoms in total. The molecule has 0 spiro atoms. The summed E-state index contributed by atoms with van der Waals surface area (Å²) in [6.45, 7) is 0. The number of aromatic nitrogens is 2. The summed E-state index contributed by atoms with van der Waals surface area (Å²) in [6, 6.07) is 61.4. The minimum Gasteiger partial charge on any atom is -0.245 e. The van der Waals surface area contributed by atoms with Crippen molar-refractivity contribution >= 4 is 84.8 Å². The van der Waals surface area contributed by atoms with Crippen LogP contribution in [0.5, 0.6) is 0 Å². The molecule has 0 aliphatic heterocycles. The normalized spacial score (nSPS) is 11.8. The van der Waals surface area contributed by atoms with Crippen LogP contribution in [0.3, 0.4) is 0 Å². The maximum absolute atomic E-state index is 5.45. The Morgan fingerprint density at radius 3 is 1.50 bits per heavy atom. The van der Waals surface area contributed by atoms with Gasteiger partial charge in [-0.05, 0) is 64.7 Å². The van der Waals surface area contributed by atoms with Crippen LogP contribution in [0.25, 0.3) is 107 Å². The lowest BCUT2D eigenvalue weighted by atomic mass is 9.92. The van der Waals surface area contributed by atoms with Gasteiger partial charge in [0, 0.05) is 62.2 Å². The monoisotopic (exact) mass is 696 g/mol. The zero-order valence-corrected chi connectivity index (χ0v) is 29.5. The smallest absolute Gasteiger partial charge is 0.0972 e. The van der Waals surface area contributed by atoms with E-state index in [0.717, 1.165) is 49.9 Å². The van der Waals surface area contributed by atoms with Gasteiger partial charge in [0.1, 0.15) is 0 Å². The Labute approximate surface area is 307 Å². The highest BCUT2D eigenvalue weighted by Gasteiger charge is 2.16. The van der Waals surface area contributed by atoms with E-state index in [1.165, 1.54) is 57.0 Å². The molecule has 0 bridgehead atoms. The van der Waals surface area contributed by atoms with Crippen molar-refractivity contribution in [3.05, 3.63) is 170 Å². The number of nitrogens with zero attached hydrogens (tertiary/aromatic N) is 2. The minimum absolute atomic E-state index is 0.913. The molecule has 0 saturated carbocycles. The number of pyridine rings is 2. The van der Waals surface area contributed by atoms with Crippen molar-refractivity contribution in [1.82, 2.24) is 9.97 Å². The first-order valence-corrected chi connectivity index (χ1v) is 19.1. The molecule has 0 N–H and O–H groups in total. The number of fused-ring (bicyclic) bond motifs is 9. The summed E-state index contributed by atoms with van der Waals surface area (Å²) in [6.07, 6.45) is 0. The highest BCUT2D eigenvalue weighted by Crippen LogP contribution is 2.42. The number of benzene rings is 7. The van der Waals surface area contributed by atoms with Gasteiger partial charge in [-0.15, -0.1) is 22.7 Å². The molecule has 0 saturated heterocycles. The zero-order chi connectivity index (χ0) is 34.2. The van der Waals surface area contributed by atoms with Gasteiger partial charge in [-0.1, -0.05) is 127 Å². The first-order chi connectivity index (χ1) is 25.7. The largest absolute Gasteiger partial charge is 0.245 e. The van der Waals surface area contributed by atoms with Gasteiger partial charge in [-0.3, -0.25) is 0 Å². The quantitative estimate of drug-likeness (QED) is 0.171. The minimum atomic E-state index is 0.913. The zero-order valence-electron chi connectivity index (χ0n) is 27.9. The Bertz CT molecular complexity index is 3190. The van der Waals surface area contributed by atoms with Crippen LogP contribution in [0, 0.1) is 0 Å². The molecule has 242 valence electrons. The number of thiophene rings is 2. The molecule has 4 aromatic heterocycles. The molecule has 0 atom stereocenters. The van der Waals surface area contributed by atoms with E-state index in [9.17, 15) is 0 Å². The molecule has 0 fully saturated rings. The Hall–Kier alpha value is -6.20. The molecule has 0 aliphatic rings. The summed E-state index contributed by atoms with van der Waals surface area (Å²) < 4.78 is 5.22. The molecule has 0 unspecified atom stereocenters. The second-order valence-electron chi connectivity index (χ2n) is 13.3. The van der Waals surface area contributed by atoms with Crippen LogP contribution in [0.1, 0.15) is 0 Å². The SMILES string of the molecule is c1ccc(-c2ccc3ccc4ccc(-c5cc(-c6ccc7c(c6)sc6ccccc67)ccc5-c5ccc6c(c5)sc5ccccc56)nc4c3n2)cc1. The average Bonchev–Trinajstić information content (AvgIpc) is 3.78. The van der Waals surface area contributed by atoms with E-state index in [1.807, 2.05) is 28.7 Å². The fourth-order valence-electron chi connectivity index (χ4n) is 7.67. The highest BCUT2D eigenvalue weighted by molar-refractivity contribution is 7.26. The predicted octanol–water partition coefficient (Wildman–Crippen LogP) is 14.2. The van der Waals surface area contributed by atoms with Crippen LogP contribution in [0.4, 0.5) is 0 Å². The first-order valence-electron chi connectivity index (χ1n) is 17.5. The van der Waals surface area contributed by atoms with Crippen LogP contribution >= 0.6 is 22.7 Å². The van der Waals surface area contributed by atoms with E-state index in [4.69, 9.17) is 9.97 Å². The Kier molecular flexibility index (Phi) is 6.63.